The summed E-state index contributed by atoms with van der Waals surface area (Å²) in [7, 11) is 1.59. The second kappa shape index (κ2) is 7.32. The van der Waals surface area contributed by atoms with E-state index >= 15 is 0 Å². The van der Waals surface area contributed by atoms with Gasteiger partial charge in [-0.05, 0) is 23.8 Å². The van der Waals surface area contributed by atoms with Crippen LogP contribution in [0.25, 0.3) is 10.2 Å². The van der Waals surface area contributed by atoms with E-state index < -0.39 is 17.2 Å². The number of esters is 1. The molecule has 0 radical (unpaired) electrons. The van der Waals surface area contributed by atoms with E-state index in [9.17, 15) is 14.4 Å². The maximum atomic E-state index is 12.9. The number of carbonyl (C=O) groups excluding carboxylic acids is 1. The smallest absolute Gasteiger partial charge is 0.348 e. The van der Waals surface area contributed by atoms with Gasteiger partial charge in [0.1, 0.15) is 16.3 Å². The number of aromatic nitrogens is 3. The average Bonchev–Trinajstić information content (AvgIpc) is 3.38. The number of rotatable bonds is 5. The summed E-state index contributed by atoms with van der Waals surface area (Å²) in [5, 5.41) is 0.329. The minimum absolute atomic E-state index is 0.108. The van der Waals surface area contributed by atoms with Gasteiger partial charge in [0, 0.05) is 13.2 Å². The van der Waals surface area contributed by atoms with Crippen molar-refractivity contribution in [3.63, 3.8) is 0 Å². The van der Waals surface area contributed by atoms with Gasteiger partial charge in [0.2, 0.25) is 0 Å². The van der Waals surface area contributed by atoms with Crippen LogP contribution in [0.15, 0.2) is 64.3 Å². The van der Waals surface area contributed by atoms with E-state index in [1.165, 1.54) is 15.2 Å². The number of nitrogens with zero attached hydrogens (tertiary/aromatic N) is 2. The molecule has 3 heterocycles. The lowest BCUT2D eigenvalue weighted by atomic mass is 10.2. The minimum atomic E-state index is -0.530. The molecule has 4 aromatic rings. The predicted molar refractivity (Wildman–Crippen MR) is 107 cm³/mol. The molecule has 28 heavy (non-hydrogen) atoms. The zero-order chi connectivity index (χ0) is 19.7. The Morgan fingerprint density at radius 2 is 1.93 bits per heavy atom. The van der Waals surface area contributed by atoms with Gasteiger partial charge in [-0.25, -0.2) is 9.59 Å². The molecular weight excluding hydrogens is 378 g/mol. The van der Waals surface area contributed by atoms with Gasteiger partial charge in [-0.15, -0.1) is 11.3 Å². The third-order valence-corrected chi connectivity index (χ3v) is 5.61. The van der Waals surface area contributed by atoms with Crippen LogP contribution in [-0.4, -0.2) is 20.1 Å². The number of carbonyl (C=O) groups is 1. The number of thiophene rings is 1. The van der Waals surface area contributed by atoms with Crippen molar-refractivity contribution in [1.29, 1.82) is 0 Å². The fourth-order valence-electron chi connectivity index (χ4n) is 2.96. The molecule has 142 valence electrons. The fraction of sp³-hybridized carbons (Fsp3) is 0.150. The Labute approximate surface area is 163 Å². The van der Waals surface area contributed by atoms with Crippen molar-refractivity contribution in [1.82, 2.24) is 14.1 Å². The molecule has 7 nitrogen and oxygen atoms in total. The number of nitrogens with one attached hydrogen (secondary N) is 1. The second-order valence-corrected chi connectivity index (χ2v) is 7.35. The van der Waals surface area contributed by atoms with Gasteiger partial charge < -0.3 is 9.72 Å². The molecule has 0 amide bonds. The van der Waals surface area contributed by atoms with Crippen molar-refractivity contribution in [2.45, 2.75) is 13.2 Å². The summed E-state index contributed by atoms with van der Waals surface area (Å²) in [6.07, 6.45) is 1.74. The van der Waals surface area contributed by atoms with Gasteiger partial charge in [0.15, 0.2) is 0 Å². The molecule has 0 aliphatic carbocycles. The topological polar surface area (TPSA) is 86.1 Å². The summed E-state index contributed by atoms with van der Waals surface area (Å²) in [5.74, 6) is -0.530. The molecule has 0 fully saturated rings. The van der Waals surface area contributed by atoms with E-state index in [2.05, 4.69) is 4.98 Å². The third-order valence-electron chi connectivity index (χ3n) is 4.42. The van der Waals surface area contributed by atoms with E-state index in [1.807, 2.05) is 42.5 Å². The van der Waals surface area contributed by atoms with Gasteiger partial charge in [-0.2, -0.15) is 0 Å². The quantitative estimate of drug-likeness (QED) is 0.526. The van der Waals surface area contributed by atoms with Crippen molar-refractivity contribution < 1.29 is 9.53 Å². The molecule has 0 saturated carbocycles. The van der Waals surface area contributed by atoms with Gasteiger partial charge in [0.05, 0.1) is 17.6 Å². The molecular formula is C20H17N3O4S. The number of benzene rings is 1. The van der Waals surface area contributed by atoms with Crippen LogP contribution in [0.4, 0.5) is 0 Å². The molecule has 0 atom stereocenters. The van der Waals surface area contributed by atoms with Gasteiger partial charge >= 0.3 is 11.7 Å². The lowest BCUT2D eigenvalue weighted by Crippen LogP contribution is -2.38. The Kier molecular flexibility index (Phi) is 4.70. The number of hydrogen-bond donors (Lipinski definition) is 1. The lowest BCUT2D eigenvalue weighted by molar-refractivity contribution is 0.0474. The highest BCUT2D eigenvalue weighted by molar-refractivity contribution is 7.20. The van der Waals surface area contributed by atoms with Crippen LogP contribution >= 0.6 is 11.3 Å². The Bertz CT molecular complexity index is 1250. The molecule has 1 aromatic carbocycles. The number of aryl methyl sites for hydroxylation is 1. The van der Waals surface area contributed by atoms with Gasteiger partial charge in [0.25, 0.3) is 5.56 Å². The SMILES string of the molecule is Cn1c(=O)n(Cc2ccccc2)c(=O)c2cc(C(=O)OCc3ccc[nH]3)sc21. The summed E-state index contributed by atoms with van der Waals surface area (Å²) < 4.78 is 7.86. The first-order valence-electron chi connectivity index (χ1n) is 8.61. The van der Waals surface area contributed by atoms with Crippen LogP contribution in [0.2, 0.25) is 0 Å². The first kappa shape index (κ1) is 18.0. The maximum Gasteiger partial charge on any atom is 0.348 e. The van der Waals surface area contributed by atoms with Crippen molar-refractivity contribution >= 4 is 27.5 Å². The highest BCUT2D eigenvalue weighted by atomic mass is 32.1. The van der Waals surface area contributed by atoms with Gasteiger partial charge in [-0.3, -0.25) is 13.9 Å². The average molecular weight is 395 g/mol. The molecule has 0 aliphatic heterocycles. The zero-order valence-corrected chi connectivity index (χ0v) is 15.9. The summed E-state index contributed by atoms with van der Waals surface area (Å²) >= 11 is 1.08. The Morgan fingerprint density at radius 1 is 1.14 bits per heavy atom. The molecule has 3 aromatic heterocycles. The predicted octanol–water partition coefficient (Wildman–Crippen LogP) is 2.50. The minimum Gasteiger partial charge on any atom is -0.455 e. The number of fused-ring (bicyclic) bond motifs is 1. The van der Waals surface area contributed by atoms with Crippen molar-refractivity contribution in [3.05, 3.63) is 91.7 Å². The molecule has 8 heteroatoms. The molecule has 1 N–H and O–H groups in total. The molecule has 0 saturated heterocycles. The summed E-state index contributed by atoms with van der Waals surface area (Å²) in [6.45, 7) is 0.280. The molecule has 0 spiro atoms. The Morgan fingerprint density at radius 3 is 2.64 bits per heavy atom. The number of H-pyrrole nitrogens is 1. The molecule has 0 aliphatic rings. The van der Waals surface area contributed by atoms with Crippen LogP contribution < -0.4 is 11.2 Å². The van der Waals surface area contributed by atoms with Crippen LogP contribution in [0.1, 0.15) is 20.9 Å². The number of hydrogen-bond acceptors (Lipinski definition) is 5. The second-order valence-electron chi connectivity index (χ2n) is 6.32. The highest BCUT2D eigenvalue weighted by Crippen LogP contribution is 2.23. The van der Waals surface area contributed by atoms with Crippen molar-refractivity contribution in [3.8, 4) is 0 Å². The first-order chi connectivity index (χ1) is 13.5. The fourth-order valence-corrected chi connectivity index (χ4v) is 3.96. The van der Waals surface area contributed by atoms with Crippen LogP contribution in [0, 0.1) is 0 Å². The first-order valence-corrected chi connectivity index (χ1v) is 9.43. The monoisotopic (exact) mass is 395 g/mol. The lowest BCUT2D eigenvalue weighted by Gasteiger charge is -2.08. The normalized spacial score (nSPS) is 11.0. The molecule has 0 unspecified atom stereocenters. The van der Waals surface area contributed by atoms with E-state index in [4.69, 9.17) is 4.74 Å². The van der Waals surface area contributed by atoms with Crippen LogP contribution in [-0.2, 0) is 24.9 Å². The number of ether oxygens (including phenoxy) is 1. The van der Waals surface area contributed by atoms with Crippen molar-refractivity contribution in [2.24, 2.45) is 7.05 Å². The van der Waals surface area contributed by atoms with E-state index in [1.54, 1.807) is 13.2 Å². The Balaban J connectivity index is 1.70. The molecule has 4 rings (SSSR count). The van der Waals surface area contributed by atoms with Crippen LogP contribution in [0.3, 0.4) is 0 Å². The standard InChI is InChI=1S/C20H17N3O4S/c1-22-18-15(10-16(28-18)19(25)27-12-14-8-5-9-21-14)17(24)23(20(22)26)11-13-6-3-2-4-7-13/h2-10,21H,11-12H2,1H3. The zero-order valence-electron chi connectivity index (χ0n) is 15.0. The third kappa shape index (κ3) is 3.29. The van der Waals surface area contributed by atoms with Crippen LogP contribution in [0.5, 0.6) is 0 Å². The highest BCUT2D eigenvalue weighted by Gasteiger charge is 2.19. The van der Waals surface area contributed by atoms with E-state index in [0.29, 0.717) is 10.2 Å². The Hall–Kier alpha value is -3.39. The molecule has 0 bridgehead atoms. The summed E-state index contributed by atoms with van der Waals surface area (Å²) in [4.78, 5) is 41.6. The largest absolute Gasteiger partial charge is 0.455 e. The van der Waals surface area contributed by atoms with E-state index in [0.717, 1.165) is 22.6 Å². The van der Waals surface area contributed by atoms with Crippen molar-refractivity contribution in [2.75, 3.05) is 0 Å². The number of aromatic amines is 1. The summed E-state index contributed by atoms with van der Waals surface area (Å²) in [5.41, 5.74) is 0.782. The van der Waals surface area contributed by atoms with E-state index in [-0.39, 0.29) is 18.0 Å². The maximum absolute atomic E-state index is 12.9. The summed E-state index contributed by atoms with van der Waals surface area (Å²) in [6, 6.07) is 14.4. The van der Waals surface area contributed by atoms with Gasteiger partial charge in [-0.1, -0.05) is 30.3 Å².